The zero-order chi connectivity index (χ0) is 15.2. The average molecular weight is 289 g/mol. The van der Waals surface area contributed by atoms with Crippen molar-refractivity contribution in [3.63, 3.8) is 0 Å². The predicted molar refractivity (Wildman–Crippen MR) is 75.5 cm³/mol. The van der Waals surface area contributed by atoms with Crippen LogP contribution in [0.4, 0.5) is 5.95 Å². The van der Waals surface area contributed by atoms with Gasteiger partial charge in [0, 0.05) is 6.07 Å². The first kappa shape index (κ1) is 14.5. The number of nitrogens with one attached hydrogen (secondary N) is 1. The Morgan fingerprint density at radius 3 is 2.90 bits per heavy atom. The van der Waals surface area contributed by atoms with Gasteiger partial charge in [-0.2, -0.15) is 4.80 Å². The van der Waals surface area contributed by atoms with E-state index in [1.54, 1.807) is 24.3 Å². The highest BCUT2D eigenvalue weighted by atomic mass is 16.5. The van der Waals surface area contributed by atoms with Crippen molar-refractivity contribution in [3.05, 3.63) is 36.4 Å². The maximum absolute atomic E-state index is 12.2. The van der Waals surface area contributed by atoms with Crippen LogP contribution in [0.3, 0.4) is 0 Å². The number of tetrazole rings is 1. The molecule has 2 rings (SSSR count). The minimum atomic E-state index is -0.396. The highest BCUT2D eigenvalue weighted by Crippen LogP contribution is 2.24. The van der Waals surface area contributed by atoms with Crippen LogP contribution in [0.25, 0.3) is 0 Å². The van der Waals surface area contributed by atoms with Gasteiger partial charge in [-0.1, -0.05) is 11.2 Å². The summed E-state index contributed by atoms with van der Waals surface area (Å²) in [7, 11) is 3.01. The molecule has 21 heavy (non-hydrogen) atoms. The first-order chi connectivity index (χ1) is 10.2. The Bertz CT molecular complexity index is 653. The molecule has 1 amide bonds. The molecular weight excluding hydrogens is 274 g/mol. The molecule has 0 aliphatic rings. The van der Waals surface area contributed by atoms with E-state index >= 15 is 0 Å². The third kappa shape index (κ3) is 3.35. The number of anilines is 1. The van der Waals surface area contributed by atoms with E-state index < -0.39 is 5.91 Å². The fraction of sp³-hybridized carbons (Fsp3) is 0.231. The SMILES string of the molecule is C=CCn1nnc(NC(=O)c2ccc(OC)cc2OC)n1. The van der Waals surface area contributed by atoms with E-state index in [4.69, 9.17) is 9.47 Å². The van der Waals surface area contributed by atoms with E-state index in [9.17, 15) is 4.79 Å². The third-order valence-corrected chi connectivity index (χ3v) is 2.62. The lowest BCUT2D eigenvalue weighted by atomic mass is 10.2. The number of ether oxygens (including phenoxy) is 2. The maximum atomic E-state index is 12.2. The molecule has 0 unspecified atom stereocenters. The van der Waals surface area contributed by atoms with Gasteiger partial charge in [0.1, 0.15) is 11.5 Å². The summed E-state index contributed by atoms with van der Waals surface area (Å²) in [5.74, 6) is 0.705. The zero-order valence-corrected chi connectivity index (χ0v) is 11.7. The number of hydrogen-bond acceptors (Lipinski definition) is 6. The van der Waals surface area contributed by atoms with Crippen molar-refractivity contribution in [2.45, 2.75) is 6.54 Å². The number of nitrogens with zero attached hydrogens (tertiary/aromatic N) is 4. The predicted octanol–water partition coefficient (Wildman–Crippen LogP) is 1.13. The number of rotatable bonds is 6. The van der Waals surface area contributed by atoms with Gasteiger partial charge in [0.2, 0.25) is 0 Å². The van der Waals surface area contributed by atoms with Gasteiger partial charge in [0.05, 0.1) is 26.3 Å². The van der Waals surface area contributed by atoms with Crippen molar-refractivity contribution in [3.8, 4) is 11.5 Å². The van der Waals surface area contributed by atoms with Crippen LogP contribution in [-0.2, 0) is 6.54 Å². The Morgan fingerprint density at radius 2 is 2.24 bits per heavy atom. The second kappa shape index (κ2) is 6.51. The Kier molecular flexibility index (Phi) is 4.50. The fourth-order valence-electron chi connectivity index (χ4n) is 1.64. The number of carbonyl (C=O) groups excluding carboxylic acids is 1. The number of benzene rings is 1. The first-order valence-corrected chi connectivity index (χ1v) is 6.10. The van der Waals surface area contributed by atoms with Gasteiger partial charge in [0.15, 0.2) is 0 Å². The molecule has 8 heteroatoms. The summed E-state index contributed by atoms with van der Waals surface area (Å²) in [6.45, 7) is 3.98. The smallest absolute Gasteiger partial charge is 0.270 e. The van der Waals surface area contributed by atoms with Crippen LogP contribution in [0.15, 0.2) is 30.9 Å². The van der Waals surface area contributed by atoms with Crippen molar-refractivity contribution in [2.75, 3.05) is 19.5 Å². The number of aromatic nitrogens is 4. The Labute approximate surface area is 121 Å². The Hall–Kier alpha value is -2.90. The summed E-state index contributed by atoms with van der Waals surface area (Å²) in [5, 5.41) is 14.0. The second-order valence-electron chi connectivity index (χ2n) is 3.98. The summed E-state index contributed by atoms with van der Waals surface area (Å²) < 4.78 is 10.3. The molecule has 1 aromatic carbocycles. The van der Waals surface area contributed by atoms with Crippen molar-refractivity contribution in [1.82, 2.24) is 20.2 Å². The molecule has 0 saturated heterocycles. The van der Waals surface area contributed by atoms with Gasteiger partial charge in [0.25, 0.3) is 11.9 Å². The van der Waals surface area contributed by atoms with E-state index in [2.05, 4.69) is 27.3 Å². The summed E-state index contributed by atoms with van der Waals surface area (Å²) in [6, 6.07) is 4.89. The largest absolute Gasteiger partial charge is 0.497 e. The molecule has 1 N–H and O–H groups in total. The van der Waals surface area contributed by atoms with Crippen LogP contribution in [-0.4, -0.2) is 40.3 Å². The molecule has 110 valence electrons. The number of hydrogen-bond donors (Lipinski definition) is 1. The molecular formula is C13H15N5O3. The number of amides is 1. The van der Waals surface area contributed by atoms with Gasteiger partial charge in [-0.25, -0.2) is 0 Å². The lowest BCUT2D eigenvalue weighted by Crippen LogP contribution is -2.14. The van der Waals surface area contributed by atoms with Crippen molar-refractivity contribution >= 4 is 11.9 Å². The molecule has 0 aliphatic heterocycles. The fourth-order valence-corrected chi connectivity index (χ4v) is 1.64. The molecule has 0 atom stereocenters. The van der Waals surface area contributed by atoms with E-state index in [1.165, 1.54) is 19.0 Å². The molecule has 0 fully saturated rings. The van der Waals surface area contributed by atoms with Gasteiger partial charge >= 0.3 is 0 Å². The monoisotopic (exact) mass is 289 g/mol. The minimum Gasteiger partial charge on any atom is -0.497 e. The molecule has 2 aromatic rings. The summed E-state index contributed by atoms with van der Waals surface area (Å²) >= 11 is 0. The molecule has 8 nitrogen and oxygen atoms in total. The van der Waals surface area contributed by atoms with Crippen LogP contribution in [0.2, 0.25) is 0 Å². The molecule has 0 bridgehead atoms. The molecule has 0 radical (unpaired) electrons. The van der Waals surface area contributed by atoms with Crippen LogP contribution in [0.1, 0.15) is 10.4 Å². The van der Waals surface area contributed by atoms with Gasteiger partial charge in [-0.15, -0.1) is 11.7 Å². The zero-order valence-electron chi connectivity index (χ0n) is 11.7. The highest BCUT2D eigenvalue weighted by Gasteiger charge is 2.15. The van der Waals surface area contributed by atoms with Crippen LogP contribution in [0, 0.1) is 0 Å². The first-order valence-electron chi connectivity index (χ1n) is 6.10. The normalized spacial score (nSPS) is 10.0. The summed E-state index contributed by atoms with van der Waals surface area (Å²) in [5.41, 5.74) is 0.346. The topological polar surface area (TPSA) is 91.2 Å². The van der Waals surface area contributed by atoms with Crippen molar-refractivity contribution in [1.29, 1.82) is 0 Å². The van der Waals surface area contributed by atoms with E-state index in [0.29, 0.717) is 23.6 Å². The van der Waals surface area contributed by atoms with Gasteiger partial charge < -0.3 is 9.47 Å². The van der Waals surface area contributed by atoms with E-state index in [1.807, 2.05) is 0 Å². The highest BCUT2D eigenvalue weighted by molar-refractivity contribution is 6.05. The molecule has 0 saturated carbocycles. The van der Waals surface area contributed by atoms with Gasteiger partial charge in [-0.3, -0.25) is 10.1 Å². The van der Waals surface area contributed by atoms with E-state index in [0.717, 1.165) is 0 Å². The molecule has 1 heterocycles. The third-order valence-electron chi connectivity index (χ3n) is 2.62. The number of methoxy groups -OCH3 is 2. The Balaban J connectivity index is 2.17. The average Bonchev–Trinajstić information content (AvgIpc) is 2.94. The number of carbonyl (C=O) groups is 1. The molecule has 0 spiro atoms. The standard InChI is InChI=1S/C13H15N5O3/c1-4-7-18-16-13(15-17-18)14-12(19)10-6-5-9(20-2)8-11(10)21-3/h4-6,8H,1,7H2,2-3H3,(H,14,16,19). The maximum Gasteiger partial charge on any atom is 0.270 e. The lowest BCUT2D eigenvalue weighted by Gasteiger charge is -2.09. The number of allylic oxidation sites excluding steroid dienone is 1. The summed E-state index contributed by atoms with van der Waals surface area (Å²) in [6.07, 6.45) is 1.62. The lowest BCUT2D eigenvalue weighted by molar-refractivity contribution is 0.102. The van der Waals surface area contributed by atoms with Crippen LogP contribution >= 0.6 is 0 Å². The van der Waals surface area contributed by atoms with Crippen molar-refractivity contribution < 1.29 is 14.3 Å². The van der Waals surface area contributed by atoms with Crippen LogP contribution in [0.5, 0.6) is 11.5 Å². The quantitative estimate of drug-likeness (QED) is 0.801. The molecule has 0 aliphatic carbocycles. The van der Waals surface area contributed by atoms with Gasteiger partial charge in [-0.05, 0) is 17.3 Å². The Morgan fingerprint density at radius 1 is 1.43 bits per heavy atom. The van der Waals surface area contributed by atoms with E-state index in [-0.39, 0.29) is 5.95 Å². The van der Waals surface area contributed by atoms with Crippen LogP contribution < -0.4 is 14.8 Å². The second-order valence-corrected chi connectivity index (χ2v) is 3.98. The minimum absolute atomic E-state index is 0.111. The summed E-state index contributed by atoms with van der Waals surface area (Å²) in [4.78, 5) is 13.5. The molecule has 1 aromatic heterocycles. The van der Waals surface area contributed by atoms with Crippen molar-refractivity contribution in [2.24, 2.45) is 0 Å².